The second-order valence-corrected chi connectivity index (χ2v) is 7.42. The highest BCUT2D eigenvalue weighted by atomic mass is 16.3. The minimum absolute atomic E-state index is 0.107. The van der Waals surface area contributed by atoms with E-state index in [1.165, 1.54) is 0 Å². The van der Waals surface area contributed by atoms with E-state index in [2.05, 4.69) is 18.5 Å². The average Bonchev–Trinajstić information content (AvgIpc) is 3.11. The van der Waals surface area contributed by atoms with E-state index < -0.39 is 0 Å². The summed E-state index contributed by atoms with van der Waals surface area (Å²) in [6.07, 6.45) is 6.76. The van der Waals surface area contributed by atoms with Crippen molar-refractivity contribution in [1.82, 2.24) is 14.7 Å². The highest BCUT2D eigenvalue weighted by molar-refractivity contribution is 5.78. The molecular formula is C20H29N3O3. The molecule has 142 valence electrons. The van der Waals surface area contributed by atoms with Gasteiger partial charge in [0.1, 0.15) is 5.76 Å². The van der Waals surface area contributed by atoms with E-state index in [1.54, 1.807) is 12.3 Å². The fourth-order valence-electron chi connectivity index (χ4n) is 4.10. The minimum atomic E-state index is -0.107. The lowest BCUT2D eigenvalue weighted by atomic mass is 9.86. The predicted molar refractivity (Wildman–Crippen MR) is 99.6 cm³/mol. The van der Waals surface area contributed by atoms with E-state index in [1.807, 2.05) is 21.9 Å². The Labute approximate surface area is 155 Å². The molecule has 0 N–H and O–H groups in total. The van der Waals surface area contributed by atoms with E-state index in [4.69, 9.17) is 4.42 Å². The molecule has 0 radical (unpaired) electrons. The Morgan fingerprint density at radius 2 is 2.19 bits per heavy atom. The van der Waals surface area contributed by atoms with Gasteiger partial charge in [-0.1, -0.05) is 6.08 Å². The smallest absolute Gasteiger partial charge is 0.223 e. The van der Waals surface area contributed by atoms with Gasteiger partial charge in [0.15, 0.2) is 0 Å². The first kappa shape index (κ1) is 18.7. The number of piperazine rings is 1. The lowest BCUT2D eigenvalue weighted by Crippen LogP contribution is -2.62. The molecule has 1 atom stereocenters. The van der Waals surface area contributed by atoms with Gasteiger partial charge >= 0.3 is 0 Å². The Kier molecular flexibility index (Phi) is 5.81. The SMILES string of the molecule is C=CCN1CC[C@]2(CCC1=O)CN(C(=O)CCc1ccco1)CCN2C. The number of likely N-dealkylation sites (tertiary alicyclic amines) is 1. The molecule has 26 heavy (non-hydrogen) atoms. The molecule has 2 aliphatic heterocycles. The van der Waals surface area contributed by atoms with Gasteiger partial charge in [-0.25, -0.2) is 0 Å². The Morgan fingerprint density at radius 3 is 2.92 bits per heavy atom. The zero-order chi connectivity index (χ0) is 18.6. The molecule has 0 saturated carbocycles. The summed E-state index contributed by atoms with van der Waals surface area (Å²) in [7, 11) is 2.12. The number of carbonyl (C=O) groups is 2. The Hall–Kier alpha value is -2.08. The maximum absolute atomic E-state index is 12.7. The molecule has 1 spiro atoms. The Morgan fingerprint density at radius 1 is 1.35 bits per heavy atom. The monoisotopic (exact) mass is 359 g/mol. The molecule has 3 heterocycles. The number of rotatable bonds is 5. The second kappa shape index (κ2) is 8.08. The predicted octanol–water partition coefficient (Wildman–Crippen LogP) is 1.92. The fraction of sp³-hybridized carbons (Fsp3) is 0.600. The number of furan rings is 1. The van der Waals surface area contributed by atoms with Crippen LogP contribution in [0.5, 0.6) is 0 Å². The highest BCUT2D eigenvalue weighted by Crippen LogP contribution is 2.32. The molecule has 0 bridgehead atoms. The van der Waals surface area contributed by atoms with Crippen molar-refractivity contribution in [3.63, 3.8) is 0 Å². The van der Waals surface area contributed by atoms with Gasteiger partial charge in [0, 0.05) is 57.5 Å². The number of hydrogen-bond acceptors (Lipinski definition) is 4. The van der Waals surface area contributed by atoms with Crippen molar-refractivity contribution in [2.24, 2.45) is 0 Å². The van der Waals surface area contributed by atoms with E-state index in [0.717, 1.165) is 38.2 Å². The van der Waals surface area contributed by atoms with Gasteiger partial charge in [-0.05, 0) is 32.0 Å². The molecule has 2 saturated heterocycles. The number of aryl methyl sites for hydroxylation is 1. The first-order valence-corrected chi connectivity index (χ1v) is 9.44. The van der Waals surface area contributed by atoms with Gasteiger partial charge in [-0.2, -0.15) is 0 Å². The molecule has 6 nitrogen and oxygen atoms in total. The quantitative estimate of drug-likeness (QED) is 0.754. The van der Waals surface area contributed by atoms with Gasteiger partial charge in [-0.15, -0.1) is 6.58 Å². The van der Waals surface area contributed by atoms with E-state index >= 15 is 0 Å². The summed E-state index contributed by atoms with van der Waals surface area (Å²) in [6, 6.07) is 3.76. The molecule has 1 aromatic rings. The summed E-state index contributed by atoms with van der Waals surface area (Å²) in [4.78, 5) is 31.3. The fourth-order valence-corrected chi connectivity index (χ4v) is 4.10. The highest BCUT2D eigenvalue weighted by Gasteiger charge is 2.43. The van der Waals surface area contributed by atoms with E-state index in [9.17, 15) is 9.59 Å². The van der Waals surface area contributed by atoms with Crippen molar-refractivity contribution in [2.45, 2.75) is 37.6 Å². The van der Waals surface area contributed by atoms with Crippen LogP contribution in [0.3, 0.4) is 0 Å². The van der Waals surface area contributed by atoms with Crippen LogP contribution in [0.2, 0.25) is 0 Å². The molecule has 6 heteroatoms. The maximum atomic E-state index is 12.7. The van der Waals surface area contributed by atoms with Gasteiger partial charge in [0.05, 0.1) is 6.26 Å². The van der Waals surface area contributed by atoms with Crippen LogP contribution >= 0.6 is 0 Å². The molecular weight excluding hydrogens is 330 g/mol. The summed E-state index contributed by atoms with van der Waals surface area (Å²) >= 11 is 0. The van der Waals surface area contributed by atoms with Gasteiger partial charge in [0.25, 0.3) is 0 Å². The summed E-state index contributed by atoms with van der Waals surface area (Å²) in [5.41, 5.74) is -0.107. The van der Waals surface area contributed by atoms with Gasteiger partial charge in [-0.3, -0.25) is 14.5 Å². The van der Waals surface area contributed by atoms with Crippen LogP contribution in [0.25, 0.3) is 0 Å². The molecule has 2 aliphatic rings. The zero-order valence-corrected chi connectivity index (χ0v) is 15.7. The first-order chi connectivity index (χ1) is 12.5. The van der Waals surface area contributed by atoms with Crippen LogP contribution < -0.4 is 0 Å². The summed E-state index contributed by atoms with van der Waals surface area (Å²) in [5, 5.41) is 0. The summed E-state index contributed by atoms with van der Waals surface area (Å²) in [6.45, 7) is 7.38. The van der Waals surface area contributed by atoms with Crippen LogP contribution in [0.4, 0.5) is 0 Å². The first-order valence-electron chi connectivity index (χ1n) is 9.44. The third kappa shape index (κ3) is 4.01. The van der Waals surface area contributed by atoms with Gasteiger partial charge < -0.3 is 14.2 Å². The lowest BCUT2D eigenvalue weighted by Gasteiger charge is -2.49. The summed E-state index contributed by atoms with van der Waals surface area (Å²) < 4.78 is 5.33. The molecule has 3 rings (SSSR count). The Bertz CT molecular complexity index is 643. The van der Waals surface area contributed by atoms with Crippen molar-refractivity contribution >= 4 is 11.8 Å². The van der Waals surface area contributed by atoms with Crippen molar-refractivity contribution in [1.29, 1.82) is 0 Å². The topological polar surface area (TPSA) is 57.0 Å². The van der Waals surface area contributed by atoms with Crippen LogP contribution in [-0.2, 0) is 16.0 Å². The standard InChI is InChI=1S/C20H29N3O3/c1-3-11-22-12-10-20(9-8-19(22)25)16-23(14-13-21(20)2)18(24)7-6-17-5-4-15-26-17/h3-5,15H,1,6-14,16H2,2H3/t20-/m1/s1. The number of hydrogen-bond donors (Lipinski definition) is 0. The van der Waals surface area contributed by atoms with Crippen molar-refractivity contribution in [3.8, 4) is 0 Å². The maximum Gasteiger partial charge on any atom is 0.223 e. The van der Waals surface area contributed by atoms with Crippen LogP contribution in [-0.4, -0.2) is 71.8 Å². The lowest BCUT2D eigenvalue weighted by molar-refractivity contribution is -0.137. The number of amides is 2. The molecule has 2 fully saturated rings. The van der Waals surface area contributed by atoms with Crippen LogP contribution in [0.1, 0.15) is 31.4 Å². The van der Waals surface area contributed by atoms with E-state index in [0.29, 0.717) is 32.4 Å². The van der Waals surface area contributed by atoms with E-state index in [-0.39, 0.29) is 17.4 Å². The normalized spacial score (nSPS) is 24.7. The average molecular weight is 359 g/mol. The molecule has 1 aromatic heterocycles. The largest absolute Gasteiger partial charge is 0.469 e. The van der Waals surface area contributed by atoms with Crippen molar-refractivity contribution in [2.75, 3.05) is 39.8 Å². The summed E-state index contributed by atoms with van der Waals surface area (Å²) in [5.74, 6) is 1.21. The van der Waals surface area contributed by atoms with Crippen LogP contribution in [0.15, 0.2) is 35.5 Å². The molecule has 2 amide bonds. The second-order valence-electron chi connectivity index (χ2n) is 7.42. The molecule has 0 unspecified atom stereocenters. The third-order valence-electron chi connectivity index (χ3n) is 5.87. The minimum Gasteiger partial charge on any atom is -0.469 e. The third-order valence-corrected chi connectivity index (χ3v) is 5.87. The molecule has 0 aromatic carbocycles. The number of likely N-dealkylation sites (N-methyl/N-ethyl adjacent to an activating group) is 1. The number of nitrogens with zero attached hydrogens (tertiary/aromatic N) is 3. The molecule has 0 aliphatic carbocycles. The zero-order valence-electron chi connectivity index (χ0n) is 15.7. The van der Waals surface area contributed by atoms with Crippen molar-refractivity contribution < 1.29 is 14.0 Å². The number of carbonyl (C=O) groups excluding carboxylic acids is 2. The van der Waals surface area contributed by atoms with Gasteiger partial charge in [0.2, 0.25) is 11.8 Å². The Balaban J connectivity index is 1.64. The van der Waals surface area contributed by atoms with Crippen molar-refractivity contribution in [3.05, 3.63) is 36.8 Å². The van der Waals surface area contributed by atoms with Crippen LogP contribution in [0, 0.1) is 0 Å².